The quantitative estimate of drug-likeness (QED) is 0.824. The van der Waals surface area contributed by atoms with Gasteiger partial charge in [-0.3, -0.25) is 14.2 Å². The summed E-state index contributed by atoms with van der Waals surface area (Å²) in [4.78, 5) is 28.7. The van der Waals surface area contributed by atoms with E-state index in [4.69, 9.17) is 0 Å². The first kappa shape index (κ1) is 13.0. The Morgan fingerprint density at radius 1 is 1.21 bits per heavy atom. The van der Waals surface area contributed by atoms with E-state index in [2.05, 4.69) is 4.98 Å². The van der Waals surface area contributed by atoms with E-state index in [9.17, 15) is 9.59 Å². The molecule has 5 heteroatoms. The second-order valence-electron chi connectivity index (χ2n) is 4.44. The number of nitrogens with zero attached hydrogens (tertiary/aromatic N) is 3. The first-order chi connectivity index (χ1) is 9.08. The van der Waals surface area contributed by atoms with E-state index >= 15 is 0 Å². The number of aromatic nitrogens is 2. The van der Waals surface area contributed by atoms with Gasteiger partial charge in [0.15, 0.2) is 0 Å². The zero-order valence-corrected chi connectivity index (χ0v) is 10.9. The third-order valence-corrected chi connectivity index (χ3v) is 2.75. The highest BCUT2D eigenvalue weighted by atomic mass is 16.2. The molecule has 0 unspecified atom stereocenters. The number of hydrogen-bond donors (Lipinski definition) is 0. The van der Waals surface area contributed by atoms with Crippen molar-refractivity contribution < 1.29 is 4.79 Å². The van der Waals surface area contributed by atoms with Gasteiger partial charge < -0.3 is 4.90 Å². The molecular weight excluding hydrogens is 242 g/mol. The lowest BCUT2D eigenvalue weighted by molar-refractivity contribution is 0.0827. The second kappa shape index (κ2) is 5.48. The highest BCUT2D eigenvalue weighted by Crippen LogP contribution is 2.07. The molecule has 0 aliphatic heterocycles. The number of amides is 1. The number of carbonyl (C=O) groups excluding carboxylic acids is 1. The van der Waals surface area contributed by atoms with Gasteiger partial charge in [0, 0.05) is 31.9 Å². The monoisotopic (exact) mass is 257 g/mol. The molecule has 2 rings (SSSR count). The Hall–Kier alpha value is -2.43. The Balaban J connectivity index is 2.18. The summed E-state index contributed by atoms with van der Waals surface area (Å²) in [6.07, 6.45) is 2.97. The maximum Gasteiger partial charge on any atom is 0.253 e. The number of hydrogen-bond acceptors (Lipinski definition) is 3. The Labute approximate surface area is 111 Å². The molecule has 5 nitrogen and oxygen atoms in total. The van der Waals surface area contributed by atoms with Crippen molar-refractivity contribution in [2.45, 2.75) is 6.54 Å². The van der Waals surface area contributed by atoms with Crippen LogP contribution < -0.4 is 5.56 Å². The van der Waals surface area contributed by atoms with Gasteiger partial charge in [0.25, 0.3) is 11.5 Å². The van der Waals surface area contributed by atoms with Gasteiger partial charge >= 0.3 is 0 Å². The smallest absolute Gasteiger partial charge is 0.253 e. The van der Waals surface area contributed by atoms with Gasteiger partial charge in [-0.2, -0.15) is 0 Å². The summed E-state index contributed by atoms with van der Waals surface area (Å²) in [7, 11) is 3.43. The predicted molar refractivity (Wildman–Crippen MR) is 72.1 cm³/mol. The van der Waals surface area contributed by atoms with Gasteiger partial charge in [-0.25, -0.2) is 4.98 Å². The Bertz CT molecular complexity index is 630. The van der Waals surface area contributed by atoms with E-state index in [1.807, 2.05) is 12.1 Å². The van der Waals surface area contributed by atoms with Crippen LogP contribution in [0, 0.1) is 0 Å². The van der Waals surface area contributed by atoms with E-state index in [0.29, 0.717) is 12.1 Å². The van der Waals surface area contributed by atoms with Gasteiger partial charge in [0.05, 0.1) is 12.9 Å². The number of benzene rings is 1. The lowest BCUT2D eigenvalue weighted by atomic mass is 10.1. The highest BCUT2D eigenvalue weighted by Gasteiger charge is 2.07. The standard InChI is InChI=1S/C14H15N3O2/c1-16(2)14(19)12-5-3-11(4-6-12)9-17-10-15-8-7-13(17)18/h3-8,10H,9H2,1-2H3. The van der Waals surface area contributed by atoms with Crippen LogP contribution in [0.1, 0.15) is 15.9 Å². The van der Waals surface area contributed by atoms with E-state index in [0.717, 1.165) is 5.56 Å². The van der Waals surface area contributed by atoms with Gasteiger partial charge in [-0.15, -0.1) is 0 Å². The third kappa shape index (κ3) is 3.07. The molecule has 0 aliphatic rings. The molecule has 0 saturated heterocycles. The van der Waals surface area contributed by atoms with Crippen molar-refractivity contribution in [3.63, 3.8) is 0 Å². The van der Waals surface area contributed by atoms with Gasteiger partial charge in [-0.1, -0.05) is 12.1 Å². The fourth-order valence-corrected chi connectivity index (χ4v) is 1.70. The normalized spacial score (nSPS) is 10.2. The van der Waals surface area contributed by atoms with E-state index < -0.39 is 0 Å². The molecule has 1 amide bonds. The van der Waals surface area contributed by atoms with Crippen molar-refractivity contribution >= 4 is 5.91 Å². The zero-order chi connectivity index (χ0) is 13.8. The molecule has 0 N–H and O–H groups in total. The molecule has 1 aromatic heterocycles. The van der Waals surface area contributed by atoms with Crippen molar-refractivity contribution in [3.05, 3.63) is 64.3 Å². The second-order valence-corrected chi connectivity index (χ2v) is 4.44. The van der Waals surface area contributed by atoms with Gasteiger partial charge in [0.2, 0.25) is 0 Å². The van der Waals surface area contributed by atoms with Crippen molar-refractivity contribution in [2.75, 3.05) is 14.1 Å². The zero-order valence-electron chi connectivity index (χ0n) is 10.9. The molecule has 1 heterocycles. The van der Waals surface area contributed by atoms with Crippen molar-refractivity contribution in [3.8, 4) is 0 Å². The SMILES string of the molecule is CN(C)C(=O)c1ccc(Cn2cnccc2=O)cc1. The highest BCUT2D eigenvalue weighted by molar-refractivity contribution is 5.93. The van der Waals surface area contributed by atoms with Crippen LogP contribution in [0.5, 0.6) is 0 Å². The average Bonchev–Trinajstić information content (AvgIpc) is 2.41. The Kier molecular flexibility index (Phi) is 3.75. The molecule has 19 heavy (non-hydrogen) atoms. The summed E-state index contributed by atoms with van der Waals surface area (Å²) in [6.45, 7) is 0.448. The Morgan fingerprint density at radius 2 is 1.89 bits per heavy atom. The van der Waals surface area contributed by atoms with Crippen LogP contribution in [0.15, 0.2) is 47.7 Å². The van der Waals surface area contributed by atoms with Crippen LogP contribution >= 0.6 is 0 Å². The van der Waals surface area contributed by atoms with Gasteiger partial charge in [0.1, 0.15) is 0 Å². The number of rotatable bonds is 3. The maximum absolute atomic E-state index is 11.7. The fourth-order valence-electron chi connectivity index (χ4n) is 1.70. The minimum absolute atomic E-state index is 0.0369. The molecule has 0 spiro atoms. The van der Waals surface area contributed by atoms with Crippen LogP contribution in [0.25, 0.3) is 0 Å². The molecule has 98 valence electrons. The topological polar surface area (TPSA) is 55.2 Å². The molecule has 0 atom stereocenters. The molecule has 0 fully saturated rings. The maximum atomic E-state index is 11.7. The summed E-state index contributed by atoms with van der Waals surface area (Å²) in [5.41, 5.74) is 1.49. The minimum atomic E-state index is -0.0940. The van der Waals surface area contributed by atoms with Crippen LogP contribution in [-0.2, 0) is 6.54 Å². The molecule has 1 aromatic carbocycles. The lowest BCUT2D eigenvalue weighted by Crippen LogP contribution is -2.22. The molecule has 0 saturated carbocycles. The van der Waals surface area contributed by atoms with Crippen LogP contribution in [0.2, 0.25) is 0 Å². The molecular formula is C14H15N3O2. The molecule has 0 bridgehead atoms. The summed E-state index contributed by atoms with van der Waals surface area (Å²) in [6, 6.07) is 8.63. The van der Waals surface area contributed by atoms with E-state index in [1.54, 1.807) is 26.2 Å². The molecule has 0 radical (unpaired) electrons. The minimum Gasteiger partial charge on any atom is -0.345 e. The predicted octanol–water partition coefficient (Wildman–Crippen LogP) is 0.993. The van der Waals surface area contributed by atoms with Crippen molar-refractivity contribution in [1.29, 1.82) is 0 Å². The fraction of sp³-hybridized carbons (Fsp3) is 0.214. The first-order valence-corrected chi connectivity index (χ1v) is 5.89. The van der Waals surface area contributed by atoms with Gasteiger partial charge in [-0.05, 0) is 17.7 Å². The number of carbonyl (C=O) groups is 1. The van der Waals surface area contributed by atoms with Crippen molar-refractivity contribution in [1.82, 2.24) is 14.5 Å². The largest absolute Gasteiger partial charge is 0.345 e. The van der Waals surface area contributed by atoms with Crippen LogP contribution in [-0.4, -0.2) is 34.5 Å². The van der Waals surface area contributed by atoms with Crippen LogP contribution in [0.3, 0.4) is 0 Å². The summed E-state index contributed by atoms with van der Waals surface area (Å²) >= 11 is 0. The van der Waals surface area contributed by atoms with Crippen molar-refractivity contribution in [2.24, 2.45) is 0 Å². The molecule has 2 aromatic rings. The summed E-state index contributed by atoms with van der Waals surface area (Å²) in [5.74, 6) is -0.0369. The lowest BCUT2D eigenvalue weighted by Gasteiger charge is -2.10. The third-order valence-electron chi connectivity index (χ3n) is 2.75. The average molecular weight is 257 g/mol. The van der Waals surface area contributed by atoms with Crippen LogP contribution in [0.4, 0.5) is 0 Å². The van der Waals surface area contributed by atoms with E-state index in [-0.39, 0.29) is 11.5 Å². The first-order valence-electron chi connectivity index (χ1n) is 5.89. The van der Waals surface area contributed by atoms with E-state index in [1.165, 1.54) is 28.1 Å². The summed E-state index contributed by atoms with van der Waals surface area (Å²) in [5, 5.41) is 0. The Morgan fingerprint density at radius 3 is 2.47 bits per heavy atom. The summed E-state index contributed by atoms with van der Waals surface area (Å²) < 4.78 is 1.52. The molecule has 0 aliphatic carbocycles.